The summed E-state index contributed by atoms with van der Waals surface area (Å²) in [5, 5.41) is 4.51. The lowest BCUT2D eigenvalue weighted by Crippen LogP contribution is -2.22. The molecule has 19 heavy (non-hydrogen) atoms. The summed E-state index contributed by atoms with van der Waals surface area (Å²) in [4.78, 5) is 5.44. The SMILES string of the molecule is CCCNC(c1cc(C)cc(F)c1)c1cnc(C)s1. The monoisotopic (exact) mass is 278 g/mol. The molecule has 1 heterocycles. The van der Waals surface area contributed by atoms with Crippen molar-refractivity contribution in [3.05, 3.63) is 51.2 Å². The van der Waals surface area contributed by atoms with Gasteiger partial charge in [-0.05, 0) is 50.1 Å². The van der Waals surface area contributed by atoms with Crippen molar-refractivity contribution in [3.8, 4) is 0 Å². The average molecular weight is 278 g/mol. The molecule has 0 amide bonds. The summed E-state index contributed by atoms with van der Waals surface area (Å²) in [5.41, 5.74) is 1.91. The Hall–Kier alpha value is -1.26. The van der Waals surface area contributed by atoms with E-state index in [1.807, 2.05) is 26.1 Å². The van der Waals surface area contributed by atoms with Crippen LogP contribution in [0, 0.1) is 19.7 Å². The van der Waals surface area contributed by atoms with Crippen molar-refractivity contribution in [2.45, 2.75) is 33.2 Å². The van der Waals surface area contributed by atoms with E-state index in [9.17, 15) is 4.39 Å². The molecular weight excluding hydrogens is 259 g/mol. The van der Waals surface area contributed by atoms with Crippen LogP contribution in [0.5, 0.6) is 0 Å². The summed E-state index contributed by atoms with van der Waals surface area (Å²) in [5.74, 6) is -0.181. The van der Waals surface area contributed by atoms with Crippen LogP contribution in [0.2, 0.25) is 0 Å². The maximum atomic E-state index is 13.6. The second-order valence-electron chi connectivity index (χ2n) is 4.73. The Morgan fingerprint density at radius 3 is 2.68 bits per heavy atom. The van der Waals surface area contributed by atoms with Gasteiger partial charge in [0.1, 0.15) is 5.82 Å². The van der Waals surface area contributed by atoms with Gasteiger partial charge in [-0.1, -0.05) is 13.0 Å². The Morgan fingerprint density at radius 2 is 2.11 bits per heavy atom. The molecule has 1 atom stereocenters. The highest BCUT2D eigenvalue weighted by Crippen LogP contribution is 2.28. The first kappa shape index (κ1) is 14.2. The molecule has 0 bridgehead atoms. The number of nitrogens with zero attached hydrogens (tertiary/aromatic N) is 1. The van der Waals surface area contributed by atoms with Gasteiger partial charge in [0.25, 0.3) is 0 Å². The smallest absolute Gasteiger partial charge is 0.123 e. The number of halogens is 1. The fourth-order valence-electron chi connectivity index (χ4n) is 2.11. The Morgan fingerprint density at radius 1 is 1.32 bits per heavy atom. The van der Waals surface area contributed by atoms with Crippen LogP contribution in [-0.2, 0) is 0 Å². The first-order valence-electron chi connectivity index (χ1n) is 6.53. The molecule has 4 heteroatoms. The molecule has 0 aliphatic carbocycles. The van der Waals surface area contributed by atoms with Crippen LogP contribution in [0.3, 0.4) is 0 Å². The maximum absolute atomic E-state index is 13.6. The molecule has 1 aromatic heterocycles. The van der Waals surface area contributed by atoms with Gasteiger partial charge in [0, 0.05) is 11.1 Å². The molecule has 1 unspecified atom stereocenters. The van der Waals surface area contributed by atoms with Gasteiger partial charge in [-0.2, -0.15) is 0 Å². The molecule has 1 aromatic carbocycles. The maximum Gasteiger partial charge on any atom is 0.123 e. The summed E-state index contributed by atoms with van der Waals surface area (Å²) in [7, 11) is 0. The zero-order valence-corrected chi connectivity index (χ0v) is 12.4. The first-order valence-corrected chi connectivity index (χ1v) is 7.34. The fraction of sp³-hybridized carbons (Fsp3) is 0.400. The first-order chi connectivity index (χ1) is 9.10. The Balaban J connectivity index is 2.36. The van der Waals surface area contributed by atoms with Crippen LogP contribution < -0.4 is 5.32 Å². The minimum atomic E-state index is -0.181. The molecule has 0 spiro atoms. The normalized spacial score (nSPS) is 12.6. The highest BCUT2D eigenvalue weighted by molar-refractivity contribution is 7.11. The summed E-state index contributed by atoms with van der Waals surface area (Å²) >= 11 is 1.66. The van der Waals surface area contributed by atoms with Gasteiger partial charge in [-0.15, -0.1) is 11.3 Å². The Bertz CT molecular complexity index is 531. The molecule has 0 saturated carbocycles. The lowest BCUT2D eigenvalue weighted by atomic mass is 10.0. The lowest BCUT2D eigenvalue weighted by Gasteiger charge is -2.18. The van der Waals surface area contributed by atoms with Crippen LogP contribution in [0.1, 0.15) is 40.4 Å². The lowest BCUT2D eigenvalue weighted by molar-refractivity contribution is 0.589. The van der Waals surface area contributed by atoms with Crippen molar-refractivity contribution in [1.29, 1.82) is 0 Å². The number of hydrogen-bond acceptors (Lipinski definition) is 3. The number of thiazole rings is 1. The predicted molar refractivity (Wildman–Crippen MR) is 78.1 cm³/mol. The molecule has 0 fully saturated rings. The van der Waals surface area contributed by atoms with Crippen LogP contribution in [0.4, 0.5) is 4.39 Å². The second-order valence-corrected chi connectivity index (χ2v) is 6.00. The van der Waals surface area contributed by atoms with E-state index in [0.29, 0.717) is 0 Å². The third-order valence-corrected chi connectivity index (χ3v) is 3.90. The van der Waals surface area contributed by atoms with Crippen molar-refractivity contribution in [2.24, 2.45) is 0 Å². The van der Waals surface area contributed by atoms with Crippen LogP contribution in [0.15, 0.2) is 24.4 Å². The Kier molecular flexibility index (Phi) is 4.66. The molecule has 1 N–H and O–H groups in total. The Labute approximate surface area is 117 Å². The summed E-state index contributed by atoms with van der Waals surface area (Å²) in [6, 6.07) is 5.22. The number of hydrogen-bond donors (Lipinski definition) is 1. The van der Waals surface area contributed by atoms with Crippen molar-refractivity contribution >= 4 is 11.3 Å². The van der Waals surface area contributed by atoms with E-state index in [-0.39, 0.29) is 11.9 Å². The molecule has 0 radical (unpaired) electrons. The van der Waals surface area contributed by atoms with Gasteiger partial charge in [0.2, 0.25) is 0 Å². The minimum Gasteiger partial charge on any atom is -0.306 e. The summed E-state index contributed by atoms with van der Waals surface area (Å²) in [6.45, 7) is 6.93. The zero-order valence-electron chi connectivity index (χ0n) is 11.5. The van der Waals surface area contributed by atoms with E-state index < -0.39 is 0 Å². The molecule has 0 aliphatic rings. The van der Waals surface area contributed by atoms with Crippen molar-refractivity contribution in [2.75, 3.05) is 6.54 Å². The van der Waals surface area contributed by atoms with E-state index >= 15 is 0 Å². The molecule has 2 rings (SSSR count). The van der Waals surface area contributed by atoms with Crippen molar-refractivity contribution in [3.63, 3.8) is 0 Å². The topological polar surface area (TPSA) is 24.9 Å². The minimum absolute atomic E-state index is 0.0283. The van der Waals surface area contributed by atoms with Crippen molar-refractivity contribution in [1.82, 2.24) is 10.3 Å². The van der Waals surface area contributed by atoms with Crippen molar-refractivity contribution < 1.29 is 4.39 Å². The molecule has 2 aromatic rings. The predicted octanol–water partition coefficient (Wildman–Crippen LogP) is 3.99. The van der Waals surface area contributed by atoms with E-state index in [1.54, 1.807) is 23.5 Å². The van der Waals surface area contributed by atoms with Gasteiger partial charge in [-0.25, -0.2) is 9.37 Å². The van der Waals surface area contributed by atoms with Gasteiger partial charge in [-0.3, -0.25) is 0 Å². The van der Waals surface area contributed by atoms with Gasteiger partial charge < -0.3 is 5.32 Å². The molecular formula is C15H19FN2S. The highest BCUT2D eigenvalue weighted by atomic mass is 32.1. The summed E-state index contributed by atoms with van der Waals surface area (Å²) in [6.07, 6.45) is 2.93. The molecule has 102 valence electrons. The highest BCUT2D eigenvalue weighted by Gasteiger charge is 2.16. The van der Waals surface area contributed by atoms with E-state index in [0.717, 1.165) is 34.0 Å². The van der Waals surface area contributed by atoms with Crippen LogP contribution >= 0.6 is 11.3 Å². The molecule has 0 aliphatic heterocycles. The zero-order chi connectivity index (χ0) is 13.8. The van der Waals surface area contributed by atoms with Crippen LogP contribution in [0.25, 0.3) is 0 Å². The van der Waals surface area contributed by atoms with E-state index in [1.165, 1.54) is 0 Å². The number of aromatic nitrogens is 1. The molecule has 0 saturated heterocycles. The third-order valence-electron chi connectivity index (χ3n) is 2.92. The molecule has 2 nitrogen and oxygen atoms in total. The second kappa shape index (κ2) is 6.26. The standard InChI is InChI=1S/C15H19FN2S/c1-4-5-17-15(14-9-18-11(3)19-14)12-6-10(2)7-13(16)8-12/h6-9,15,17H,4-5H2,1-3H3. The fourth-order valence-corrected chi connectivity index (χ4v) is 3.00. The quantitative estimate of drug-likeness (QED) is 0.894. The number of benzene rings is 1. The number of nitrogens with one attached hydrogen (secondary N) is 1. The van der Waals surface area contributed by atoms with E-state index in [2.05, 4.69) is 17.2 Å². The summed E-state index contributed by atoms with van der Waals surface area (Å²) < 4.78 is 13.6. The van der Waals surface area contributed by atoms with Gasteiger partial charge in [0.05, 0.1) is 11.0 Å². The average Bonchev–Trinajstić information content (AvgIpc) is 2.75. The third kappa shape index (κ3) is 3.61. The van der Waals surface area contributed by atoms with E-state index in [4.69, 9.17) is 0 Å². The van der Waals surface area contributed by atoms with Crippen LogP contribution in [-0.4, -0.2) is 11.5 Å². The van der Waals surface area contributed by atoms with Gasteiger partial charge >= 0.3 is 0 Å². The number of rotatable bonds is 5. The largest absolute Gasteiger partial charge is 0.306 e. The number of aryl methyl sites for hydroxylation is 2. The van der Waals surface area contributed by atoms with Gasteiger partial charge in [0.15, 0.2) is 0 Å².